The number of aryl methyl sites for hydroxylation is 1. The molecule has 2 aliphatic rings. The lowest BCUT2D eigenvalue weighted by molar-refractivity contribution is -0.644. The predicted molar refractivity (Wildman–Crippen MR) is 170 cm³/mol. The van der Waals surface area contributed by atoms with Crippen LogP contribution in [0.5, 0.6) is 0 Å². The minimum atomic E-state index is 0.367. The zero-order chi connectivity index (χ0) is 27.6. The van der Waals surface area contributed by atoms with E-state index in [0.717, 1.165) is 32.7 Å². The zero-order valence-corrected chi connectivity index (χ0v) is 24.9. The molecule has 0 atom stereocenters. The number of hydrogen-bond acceptors (Lipinski definition) is 4. The van der Waals surface area contributed by atoms with Crippen LogP contribution in [0.3, 0.4) is 0 Å². The largest absolute Gasteiger partial charge is 0.332 e. The number of para-hydroxylation sites is 2. The molecule has 0 N–H and O–H groups in total. The Balaban J connectivity index is 1.40. The molecule has 2 aliphatic heterocycles. The van der Waals surface area contributed by atoms with Gasteiger partial charge in [-0.05, 0) is 73.5 Å². The van der Waals surface area contributed by atoms with Gasteiger partial charge in [0.15, 0.2) is 6.20 Å². The number of pyridine rings is 1. The highest BCUT2D eigenvalue weighted by atomic mass is 32.2. The Labute approximate surface area is 243 Å². The van der Waals surface area contributed by atoms with E-state index in [0.29, 0.717) is 6.04 Å². The summed E-state index contributed by atoms with van der Waals surface area (Å²) in [6.07, 6.45) is 6.92. The second kappa shape index (κ2) is 11.6. The maximum atomic E-state index is 2.57. The highest BCUT2D eigenvalue weighted by molar-refractivity contribution is 8.03. The number of fused-ring (bicyclic) bond motifs is 2. The summed E-state index contributed by atoms with van der Waals surface area (Å²) in [5.74, 6) is 0. The van der Waals surface area contributed by atoms with Gasteiger partial charge in [0, 0.05) is 55.8 Å². The SMILES string of the molecule is CC(C)N1/C(=C/C(=C/c2cc[n+](C)c3ccccc23)c2ccc(CN3CCN(C)CC3)cc2)Sc2ccccc21. The van der Waals surface area contributed by atoms with Crippen molar-refractivity contribution in [3.63, 3.8) is 0 Å². The number of thioether (sulfide) groups is 1. The molecule has 3 heterocycles. The van der Waals surface area contributed by atoms with Gasteiger partial charge in [-0.1, -0.05) is 60.3 Å². The van der Waals surface area contributed by atoms with E-state index in [1.54, 1.807) is 0 Å². The van der Waals surface area contributed by atoms with E-state index < -0.39 is 0 Å². The predicted octanol–water partition coefficient (Wildman–Crippen LogP) is 6.81. The average molecular weight is 548 g/mol. The summed E-state index contributed by atoms with van der Waals surface area (Å²) in [7, 11) is 4.33. The Kier molecular flexibility index (Phi) is 7.79. The first-order valence-corrected chi connectivity index (χ1v) is 15.1. The van der Waals surface area contributed by atoms with Crippen molar-refractivity contribution in [2.45, 2.75) is 31.3 Å². The van der Waals surface area contributed by atoms with Gasteiger partial charge in [0.2, 0.25) is 5.52 Å². The zero-order valence-electron chi connectivity index (χ0n) is 24.0. The van der Waals surface area contributed by atoms with E-state index >= 15 is 0 Å². The fraction of sp³-hybridized carbons (Fsp3) is 0.286. The van der Waals surface area contributed by atoms with Crippen LogP contribution in [0.4, 0.5) is 5.69 Å². The van der Waals surface area contributed by atoms with E-state index in [9.17, 15) is 0 Å². The van der Waals surface area contributed by atoms with E-state index in [1.165, 1.54) is 48.8 Å². The van der Waals surface area contributed by atoms with Crippen LogP contribution in [-0.4, -0.2) is 49.1 Å². The Morgan fingerprint density at radius 3 is 2.40 bits per heavy atom. The molecular weight excluding hydrogens is 508 g/mol. The number of nitrogens with zero attached hydrogens (tertiary/aromatic N) is 4. The molecule has 0 spiro atoms. The van der Waals surface area contributed by atoms with E-state index in [2.05, 4.69) is 144 Å². The van der Waals surface area contributed by atoms with Crippen molar-refractivity contribution in [3.05, 3.63) is 113 Å². The molecule has 0 unspecified atom stereocenters. The van der Waals surface area contributed by atoms with E-state index in [-0.39, 0.29) is 0 Å². The Morgan fingerprint density at radius 1 is 0.900 bits per heavy atom. The van der Waals surface area contributed by atoms with Gasteiger partial charge in [-0.25, -0.2) is 4.57 Å². The van der Waals surface area contributed by atoms with Gasteiger partial charge < -0.3 is 9.80 Å². The Hall–Kier alpha value is -3.38. The number of hydrogen-bond donors (Lipinski definition) is 0. The lowest BCUT2D eigenvalue weighted by Crippen LogP contribution is -2.43. The van der Waals surface area contributed by atoms with Gasteiger partial charge in [-0.15, -0.1) is 0 Å². The summed E-state index contributed by atoms with van der Waals surface area (Å²) in [4.78, 5) is 8.77. The van der Waals surface area contributed by atoms with Crippen LogP contribution in [0.15, 0.2) is 101 Å². The van der Waals surface area contributed by atoms with Crippen LogP contribution in [-0.2, 0) is 13.6 Å². The van der Waals surface area contributed by atoms with Gasteiger partial charge in [0.25, 0.3) is 0 Å². The molecule has 0 aliphatic carbocycles. The summed E-state index contributed by atoms with van der Waals surface area (Å²) < 4.78 is 2.20. The first-order valence-electron chi connectivity index (χ1n) is 14.3. The number of likely N-dealkylation sites (N-methyl/N-ethyl adjacent to an activating group) is 1. The van der Waals surface area contributed by atoms with Crippen molar-refractivity contribution in [2.75, 3.05) is 38.1 Å². The number of rotatable bonds is 6. The van der Waals surface area contributed by atoms with E-state index in [4.69, 9.17) is 0 Å². The molecule has 3 aromatic carbocycles. The molecule has 0 saturated carbocycles. The van der Waals surface area contributed by atoms with Crippen molar-refractivity contribution in [3.8, 4) is 0 Å². The molecule has 1 saturated heterocycles. The van der Waals surface area contributed by atoms with E-state index in [1.807, 2.05) is 11.8 Å². The van der Waals surface area contributed by atoms with Crippen LogP contribution in [0.25, 0.3) is 22.6 Å². The van der Waals surface area contributed by atoms with Crippen LogP contribution in [0.1, 0.15) is 30.5 Å². The molecule has 0 radical (unpaired) electrons. The number of benzene rings is 3. The highest BCUT2D eigenvalue weighted by Crippen LogP contribution is 2.47. The van der Waals surface area contributed by atoms with Gasteiger partial charge >= 0.3 is 0 Å². The molecule has 4 aromatic rings. The highest BCUT2D eigenvalue weighted by Gasteiger charge is 2.27. The molecule has 40 heavy (non-hydrogen) atoms. The first-order chi connectivity index (χ1) is 19.5. The van der Waals surface area contributed by atoms with Crippen molar-refractivity contribution < 1.29 is 4.57 Å². The normalized spacial score (nSPS) is 17.8. The maximum Gasteiger partial charge on any atom is 0.212 e. The topological polar surface area (TPSA) is 13.6 Å². The van der Waals surface area contributed by atoms with Crippen LogP contribution < -0.4 is 9.47 Å². The third-order valence-corrected chi connectivity index (χ3v) is 9.13. The molecule has 1 aromatic heterocycles. The fourth-order valence-electron chi connectivity index (χ4n) is 5.74. The number of piperazine rings is 1. The molecule has 204 valence electrons. The quantitative estimate of drug-likeness (QED) is 0.246. The van der Waals surface area contributed by atoms with Gasteiger partial charge in [0.05, 0.1) is 16.1 Å². The van der Waals surface area contributed by atoms with Crippen LogP contribution in [0.2, 0.25) is 0 Å². The molecule has 5 heteroatoms. The second-order valence-electron chi connectivity index (χ2n) is 11.3. The van der Waals surface area contributed by atoms with Gasteiger partial charge in [-0.3, -0.25) is 4.90 Å². The summed E-state index contributed by atoms with van der Waals surface area (Å²) in [6, 6.07) is 29.3. The second-order valence-corrected chi connectivity index (χ2v) is 12.4. The lowest BCUT2D eigenvalue weighted by Gasteiger charge is -2.32. The third kappa shape index (κ3) is 5.60. The Bertz CT molecular complexity index is 1560. The van der Waals surface area contributed by atoms with Crippen molar-refractivity contribution in [1.29, 1.82) is 0 Å². The summed E-state index contributed by atoms with van der Waals surface area (Å²) >= 11 is 1.87. The molecule has 1 fully saturated rings. The van der Waals surface area contributed by atoms with Crippen LogP contribution >= 0.6 is 11.8 Å². The average Bonchev–Trinajstić information content (AvgIpc) is 3.34. The minimum Gasteiger partial charge on any atom is -0.332 e. The van der Waals surface area contributed by atoms with Crippen molar-refractivity contribution in [2.24, 2.45) is 7.05 Å². The standard InChI is InChI=1S/C35H39N4S/c1-26(2)39-33-11-7-8-12-34(33)40-35(39)24-30(23-29-17-18-37(4)32-10-6-5-9-31(29)32)28-15-13-27(14-16-28)25-38-21-19-36(3)20-22-38/h5-18,23-24,26H,19-22,25H2,1-4H3/q+1. The molecule has 4 nitrogen and oxygen atoms in total. The van der Waals surface area contributed by atoms with Gasteiger partial charge in [-0.2, -0.15) is 0 Å². The summed E-state index contributed by atoms with van der Waals surface area (Å²) in [6.45, 7) is 10.1. The number of allylic oxidation sites excluding steroid dienone is 2. The molecule has 0 amide bonds. The van der Waals surface area contributed by atoms with Crippen molar-refractivity contribution in [1.82, 2.24) is 9.80 Å². The molecule has 6 rings (SSSR count). The smallest absolute Gasteiger partial charge is 0.212 e. The molecule has 0 bridgehead atoms. The van der Waals surface area contributed by atoms with Crippen molar-refractivity contribution >= 4 is 40.0 Å². The number of anilines is 1. The lowest BCUT2D eigenvalue weighted by atomic mass is 9.99. The Morgan fingerprint density at radius 2 is 1.62 bits per heavy atom. The number of aromatic nitrogens is 1. The third-order valence-electron chi connectivity index (χ3n) is 8.05. The first kappa shape index (κ1) is 26.8. The summed E-state index contributed by atoms with van der Waals surface area (Å²) in [5.41, 5.74) is 7.62. The molecular formula is C35H39N4S+. The summed E-state index contributed by atoms with van der Waals surface area (Å²) in [5, 5.41) is 2.54. The van der Waals surface area contributed by atoms with Gasteiger partial charge in [0.1, 0.15) is 7.05 Å². The monoisotopic (exact) mass is 547 g/mol. The minimum absolute atomic E-state index is 0.367. The fourth-order valence-corrected chi connectivity index (χ4v) is 6.98. The maximum absolute atomic E-state index is 2.57. The van der Waals surface area contributed by atoms with Crippen LogP contribution in [0, 0.1) is 0 Å².